The quantitative estimate of drug-likeness (QED) is 0.132. The van der Waals surface area contributed by atoms with Crippen LogP contribution in [0.5, 0.6) is 0 Å². The van der Waals surface area contributed by atoms with Crippen molar-refractivity contribution in [3.63, 3.8) is 0 Å². The minimum atomic E-state index is -3.34. The Morgan fingerprint density at radius 1 is 1.02 bits per heavy atom. The van der Waals surface area contributed by atoms with Crippen molar-refractivity contribution in [3.8, 4) is 0 Å². The average molecular weight is 579 g/mol. The number of carbonyl (C=O) groups is 3. The lowest BCUT2D eigenvalue weighted by Gasteiger charge is -2.30. The number of rotatable bonds is 18. The lowest BCUT2D eigenvalue weighted by atomic mass is 9.84. The van der Waals surface area contributed by atoms with E-state index in [2.05, 4.69) is 0 Å². The van der Waals surface area contributed by atoms with Crippen LogP contribution in [0.3, 0.4) is 0 Å². The zero-order valence-electron chi connectivity index (χ0n) is 24.8. The standard InChI is InChI=1S/C33H48F2O6/c1-24(2)19-20-33(34,35)30(37)18-17-27-26(28(36)22-29(27)41-32-16-10-11-21-39-32)14-8-3-4-9-15-31(38)40-23-25-12-6-5-7-13-25/h5-7,12-13,24,26-27,29,32H,3-4,8-11,14-23H2,1-2H3/t26-,27-,29-,32?/m1/s1. The van der Waals surface area contributed by atoms with Crippen molar-refractivity contribution >= 4 is 17.5 Å². The molecule has 1 heterocycles. The van der Waals surface area contributed by atoms with Gasteiger partial charge in [0.25, 0.3) is 0 Å². The molecule has 0 spiro atoms. The van der Waals surface area contributed by atoms with E-state index < -0.39 is 24.2 Å². The molecule has 6 nitrogen and oxygen atoms in total. The van der Waals surface area contributed by atoms with Crippen LogP contribution < -0.4 is 0 Å². The van der Waals surface area contributed by atoms with Gasteiger partial charge in [0, 0.05) is 38.2 Å². The van der Waals surface area contributed by atoms with E-state index in [0.717, 1.165) is 44.1 Å². The summed E-state index contributed by atoms with van der Waals surface area (Å²) in [5, 5.41) is 0. The van der Waals surface area contributed by atoms with Gasteiger partial charge in [-0.05, 0) is 62.3 Å². The normalized spacial score (nSPS) is 23.2. The predicted octanol–water partition coefficient (Wildman–Crippen LogP) is 7.61. The Labute approximate surface area is 243 Å². The molecule has 3 rings (SSSR count). The van der Waals surface area contributed by atoms with Crippen LogP contribution in [-0.2, 0) is 35.2 Å². The maximum absolute atomic E-state index is 14.5. The third-order valence-corrected chi connectivity index (χ3v) is 8.31. The molecule has 1 aromatic rings. The molecule has 1 saturated heterocycles. The Balaban J connectivity index is 1.46. The molecule has 0 N–H and O–H groups in total. The van der Waals surface area contributed by atoms with Crippen LogP contribution in [0.1, 0.15) is 109 Å². The summed E-state index contributed by atoms with van der Waals surface area (Å²) in [5.74, 6) is -5.00. The van der Waals surface area contributed by atoms with Gasteiger partial charge >= 0.3 is 11.9 Å². The van der Waals surface area contributed by atoms with Gasteiger partial charge < -0.3 is 14.2 Å². The number of ketones is 2. The third-order valence-electron chi connectivity index (χ3n) is 8.31. The molecule has 0 amide bonds. The molecule has 1 aliphatic carbocycles. The van der Waals surface area contributed by atoms with Crippen LogP contribution in [0.15, 0.2) is 30.3 Å². The summed E-state index contributed by atoms with van der Waals surface area (Å²) < 4.78 is 46.3. The molecule has 1 unspecified atom stereocenters. The first-order valence-electron chi connectivity index (χ1n) is 15.6. The predicted molar refractivity (Wildman–Crippen MR) is 152 cm³/mol. The molecule has 2 fully saturated rings. The van der Waals surface area contributed by atoms with Crippen molar-refractivity contribution in [2.24, 2.45) is 17.8 Å². The van der Waals surface area contributed by atoms with Crippen LogP contribution >= 0.6 is 0 Å². The van der Waals surface area contributed by atoms with E-state index in [-0.39, 0.29) is 61.7 Å². The fourth-order valence-electron chi connectivity index (χ4n) is 5.81. The molecule has 4 atom stereocenters. The molecular formula is C33H48F2O6. The molecule has 8 heteroatoms. The molecule has 1 aliphatic heterocycles. The molecular weight excluding hydrogens is 530 g/mol. The second-order valence-electron chi connectivity index (χ2n) is 12.1. The Kier molecular flexibility index (Phi) is 13.9. The number of alkyl halides is 2. The summed E-state index contributed by atoms with van der Waals surface area (Å²) in [5.41, 5.74) is 0.954. The average Bonchev–Trinajstić information content (AvgIpc) is 3.25. The smallest absolute Gasteiger partial charge is 0.306 e. The fourth-order valence-corrected chi connectivity index (χ4v) is 5.81. The monoisotopic (exact) mass is 578 g/mol. The third kappa shape index (κ3) is 11.5. The molecule has 1 aromatic carbocycles. The van der Waals surface area contributed by atoms with Gasteiger partial charge in [-0.25, -0.2) is 0 Å². The van der Waals surface area contributed by atoms with Crippen LogP contribution in [0.25, 0.3) is 0 Å². The van der Waals surface area contributed by atoms with Crippen molar-refractivity contribution in [1.82, 2.24) is 0 Å². The summed E-state index contributed by atoms with van der Waals surface area (Å²) >= 11 is 0. The first kappa shape index (κ1) is 33.3. The van der Waals surface area contributed by atoms with Crippen molar-refractivity contribution in [2.75, 3.05) is 6.61 Å². The summed E-state index contributed by atoms with van der Waals surface area (Å²) in [7, 11) is 0. The SMILES string of the molecule is CC(C)CCC(F)(F)C(=O)CC[C@H]1[C@H](OC2CCCCO2)CC(=O)[C@@H]1CCCCCCC(=O)OCc1ccccc1. The maximum Gasteiger partial charge on any atom is 0.306 e. The van der Waals surface area contributed by atoms with Crippen LogP contribution in [0, 0.1) is 17.8 Å². The van der Waals surface area contributed by atoms with Gasteiger partial charge in [-0.1, -0.05) is 63.4 Å². The zero-order chi connectivity index (χ0) is 29.7. The molecule has 41 heavy (non-hydrogen) atoms. The second-order valence-corrected chi connectivity index (χ2v) is 12.1. The number of hydrogen-bond donors (Lipinski definition) is 0. The van der Waals surface area contributed by atoms with Gasteiger partial charge in [0.1, 0.15) is 12.4 Å². The van der Waals surface area contributed by atoms with Crippen molar-refractivity contribution in [2.45, 2.75) is 129 Å². The highest BCUT2D eigenvalue weighted by Gasteiger charge is 2.45. The van der Waals surface area contributed by atoms with Gasteiger partial charge in [-0.2, -0.15) is 8.78 Å². The second kappa shape index (κ2) is 17.1. The van der Waals surface area contributed by atoms with Gasteiger partial charge in [0.2, 0.25) is 5.78 Å². The van der Waals surface area contributed by atoms with Crippen molar-refractivity contribution < 1.29 is 37.4 Å². The van der Waals surface area contributed by atoms with E-state index in [1.54, 1.807) is 0 Å². The number of benzene rings is 1. The lowest BCUT2D eigenvalue weighted by molar-refractivity contribution is -0.196. The zero-order valence-corrected chi connectivity index (χ0v) is 24.8. The Hall–Kier alpha value is -2.19. The summed E-state index contributed by atoms with van der Waals surface area (Å²) in [4.78, 5) is 37.6. The Bertz CT molecular complexity index is 944. The Morgan fingerprint density at radius 2 is 1.78 bits per heavy atom. The number of ether oxygens (including phenoxy) is 3. The molecule has 0 aromatic heterocycles. The number of esters is 1. The lowest BCUT2D eigenvalue weighted by Crippen LogP contribution is -2.33. The van der Waals surface area contributed by atoms with Gasteiger partial charge in [-0.15, -0.1) is 0 Å². The highest BCUT2D eigenvalue weighted by atomic mass is 19.3. The highest BCUT2D eigenvalue weighted by molar-refractivity contribution is 5.86. The van der Waals surface area contributed by atoms with Crippen LogP contribution in [0.4, 0.5) is 8.78 Å². The van der Waals surface area contributed by atoms with E-state index in [1.807, 2.05) is 44.2 Å². The maximum atomic E-state index is 14.5. The molecule has 230 valence electrons. The molecule has 0 bridgehead atoms. The summed E-state index contributed by atoms with van der Waals surface area (Å²) in [6, 6.07) is 9.55. The largest absolute Gasteiger partial charge is 0.461 e. The minimum absolute atomic E-state index is 0.0827. The number of Topliss-reactive ketones (excluding diaryl/α,β-unsaturated/α-hetero) is 2. The van der Waals surface area contributed by atoms with Crippen LogP contribution in [0.2, 0.25) is 0 Å². The van der Waals surface area contributed by atoms with Crippen molar-refractivity contribution in [3.05, 3.63) is 35.9 Å². The van der Waals surface area contributed by atoms with E-state index in [4.69, 9.17) is 14.2 Å². The molecule has 0 radical (unpaired) electrons. The number of hydrogen-bond acceptors (Lipinski definition) is 6. The van der Waals surface area contributed by atoms with Gasteiger partial charge in [0.05, 0.1) is 6.10 Å². The first-order valence-corrected chi connectivity index (χ1v) is 15.6. The number of carbonyl (C=O) groups excluding carboxylic acids is 3. The Morgan fingerprint density at radius 3 is 2.49 bits per heavy atom. The van der Waals surface area contributed by atoms with Crippen LogP contribution in [-0.4, -0.2) is 42.5 Å². The van der Waals surface area contributed by atoms with E-state index in [1.165, 1.54) is 0 Å². The van der Waals surface area contributed by atoms with E-state index in [9.17, 15) is 23.2 Å². The van der Waals surface area contributed by atoms with Gasteiger partial charge in [-0.3, -0.25) is 14.4 Å². The highest BCUT2D eigenvalue weighted by Crippen LogP contribution is 2.40. The van der Waals surface area contributed by atoms with E-state index in [0.29, 0.717) is 32.3 Å². The fraction of sp³-hybridized carbons (Fsp3) is 0.727. The van der Waals surface area contributed by atoms with Crippen molar-refractivity contribution in [1.29, 1.82) is 0 Å². The summed E-state index contributed by atoms with van der Waals surface area (Å²) in [6.07, 6.45) is 6.14. The minimum Gasteiger partial charge on any atom is -0.461 e. The molecule has 1 saturated carbocycles. The first-order chi connectivity index (χ1) is 19.7. The molecule has 2 aliphatic rings. The van der Waals surface area contributed by atoms with E-state index >= 15 is 0 Å². The summed E-state index contributed by atoms with van der Waals surface area (Å²) in [6.45, 7) is 4.61. The topological polar surface area (TPSA) is 78.9 Å². The number of halogens is 2. The van der Waals surface area contributed by atoms with Gasteiger partial charge in [0.15, 0.2) is 6.29 Å². The number of unbranched alkanes of at least 4 members (excludes halogenated alkanes) is 3.